The highest BCUT2D eigenvalue weighted by Gasteiger charge is 1.97. The Morgan fingerprint density at radius 1 is 0.476 bits per heavy atom. The monoisotopic (exact) mass is 585 g/mol. The van der Waals surface area contributed by atoms with Crippen molar-refractivity contribution in [1.82, 2.24) is 4.98 Å². The second kappa shape index (κ2) is 21.8. The molecule has 3 aromatic carbocycles. The third-order valence-corrected chi connectivity index (χ3v) is 6.43. The van der Waals surface area contributed by atoms with Crippen LogP contribution in [0.4, 0.5) is 0 Å². The lowest BCUT2D eigenvalue weighted by Gasteiger charge is -2.04. The average molecular weight is 586 g/mol. The first-order valence-corrected chi connectivity index (χ1v) is 16.0. The van der Waals surface area contributed by atoms with Crippen molar-refractivity contribution in [3.8, 4) is 0 Å². The minimum absolute atomic E-state index is 0.719. The van der Waals surface area contributed by atoms with Crippen LogP contribution in [0.5, 0.6) is 0 Å². The lowest BCUT2D eigenvalue weighted by molar-refractivity contribution is 0.645. The van der Waals surface area contributed by atoms with Crippen LogP contribution in [0.3, 0.4) is 0 Å². The molecule has 0 amide bonds. The number of hydrogen-bond acceptors (Lipinski definition) is 1. The summed E-state index contributed by atoms with van der Waals surface area (Å²) in [6, 6.07) is 31.6. The summed E-state index contributed by atoms with van der Waals surface area (Å²) >= 11 is 5.75. The largest absolute Gasteiger partial charge is 0.264 e. The first-order chi connectivity index (χ1) is 19.9. The average Bonchev–Trinajstić information content (AvgIpc) is 2.92. The van der Waals surface area contributed by atoms with E-state index in [2.05, 4.69) is 140 Å². The summed E-state index contributed by atoms with van der Waals surface area (Å²) in [4.78, 5) is 4.04. The molecule has 1 aromatic heterocycles. The number of pyridine rings is 1. The van der Waals surface area contributed by atoms with Crippen LogP contribution in [-0.4, -0.2) is 4.98 Å². The van der Waals surface area contributed by atoms with E-state index in [1.807, 2.05) is 30.6 Å². The van der Waals surface area contributed by atoms with Gasteiger partial charge >= 0.3 is 0 Å². The number of aromatic nitrogens is 1. The number of hydrogen-bond donors (Lipinski definition) is 0. The minimum Gasteiger partial charge on any atom is -0.264 e. The second-order valence-corrected chi connectivity index (χ2v) is 13.3. The van der Waals surface area contributed by atoms with E-state index in [4.69, 9.17) is 11.6 Å². The van der Waals surface area contributed by atoms with Gasteiger partial charge in [-0.2, -0.15) is 0 Å². The smallest absolute Gasteiger partial charge is 0.0406 e. The number of aryl methyl sites for hydroxylation is 1. The summed E-state index contributed by atoms with van der Waals surface area (Å²) in [6.07, 6.45) is 8.40. The van der Waals surface area contributed by atoms with Gasteiger partial charge in [-0.05, 0) is 96.7 Å². The standard InChI is InChI=1S/C11H16.C10H13Cl.C10H14.C9H13N/c1-9(2)8-11-6-4-10(3)5-7-11;1-8(2)7-9-3-5-10(11)6-4-9;1-9(2)8-10-6-4-3-5-7-10;1-8(2)6-9-4-3-5-10-7-9/h4-7,9H,8H2,1-3H3;3-6,8H,7H2,1-2H3;3-7,9H,8H2,1-2H3;3-5,7-8H,6H2,1-2H3. The van der Waals surface area contributed by atoms with Gasteiger partial charge in [0.1, 0.15) is 0 Å². The van der Waals surface area contributed by atoms with E-state index in [9.17, 15) is 0 Å². The Bertz CT molecular complexity index is 1070. The van der Waals surface area contributed by atoms with Crippen molar-refractivity contribution in [2.45, 2.75) is 88.0 Å². The van der Waals surface area contributed by atoms with E-state index in [0.29, 0.717) is 0 Å². The van der Waals surface area contributed by atoms with E-state index >= 15 is 0 Å². The molecule has 0 atom stereocenters. The summed E-state index contributed by atoms with van der Waals surface area (Å²) in [5, 5.41) is 0.817. The Morgan fingerprint density at radius 3 is 1.26 bits per heavy atom. The van der Waals surface area contributed by atoms with Crippen molar-refractivity contribution in [3.05, 3.63) is 136 Å². The summed E-state index contributed by atoms with van der Waals surface area (Å²) in [5.74, 6) is 2.97. The van der Waals surface area contributed by atoms with Gasteiger partial charge in [-0.15, -0.1) is 0 Å². The van der Waals surface area contributed by atoms with Crippen molar-refractivity contribution in [2.24, 2.45) is 23.7 Å². The molecule has 2 heteroatoms. The fourth-order valence-corrected chi connectivity index (χ4v) is 4.49. The number of rotatable bonds is 8. The number of benzene rings is 3. The summed E-state index contributed by atoms with van der Waals surface area (Å²) < 4.78 is 0. The molecule has 0 aliphatic heterocycles. The van der Waals surface area contributed by atoms with Gasteiger partial charge in [-0.25, -0.2) is 0 Å². The predicted octanol–water partition coefficient (Wildman–Crippen LogP) is 11.9. The second-order valence-electron chi connectivity index (χ2n) is 12.9. The van der Waals surface area contributed by atoms with Gasteiger partial charge < -0.3 is 0 Å². The fourth-order valence-electron chi connectivity index (χ4n) is 4.36. The van der Waals surface area contributed by atoms with Crippen LogP contribution in [0.1, 0.15) is 83.2 Å². The molecule has 0 N–H and O–H groups in total. The summed E-state index contributed by atoms with van der Waals surface area (Å²) in [5.41, 5.74) is 6.93. The first kappa shape index (κ1) is 37.1. The van der Waals surface area contributed by atoms with Gasteiger partial charge in [-0.3, -0.25) is 4.98 Å². The van der Waals surface area contributed by atoms with Crippen LogP contribution < -0.4 is 0 Å². The van der Waals surface area contributed by atoms with Crippen molar-refractivity contribution in [2.75, 3.05) is 0 Å². The van der Waals surface area contributed by atoms with Crippen LogP contribution in [0.15, 0.2) is 103 Å². The highest BCUT2D eigenvalue weighted by molar-refractivity contribution is 6.30. The molecule has 0 fully saturated rings. The molecule has 0 saturated carbocycles. The quantitative estimate of drug-likeness (QED) is 0.200. The molecule has 1 heterocycles. The summed E-state index contributed by atoms with van der Waals surface area (Å²) in [7, 11) is 0. The molecule has 0 aliphatic rings. The topological polar surface area (TPSA) is 12.9 Å². The summed E-state index contributed by atoms with van der Waals surface area (Å²) in [6.45, 7) is 20.0. The minimum atomic E-state index is 0.719. The first-order valence-electron chi connectivity index (χ1n) is 15.7. The van der Waals surface area contributed by atoms with Gasteiger partial charge in [0, 0.05) is 17.4 Å². The van der Waals surface area contributed by atoms with Gasteiger partial charge in [-0.1, -0.05) is 145 Å². The van der Waals surface area contributed by atoms with Gasteiger partial charge in [0.2, 0.25) is 0 Å². The molecule has 0 bridgehead atoms. The van der Waals surface area contributed by atoms with Crippen molar-refractivity contribution in [3.63, 3.8) is 0 Å². The van der Waals surface area contributed by atoms with Gasteiger partial charge in [0.05, 0.1) is 0 Å². The van der Waals surface area contributed by atoms with Crippen LogP contribution >= 0.6 is 11.6 Å². The van der Waals surface area contributed by atoms with Gasteiger partial charge in [0.25, 0.3) is 0 Å². The molecular formula is C40H56ClN. The zero-order chi connectivity index (χ0) is 31.3. The van der Waals surface area contributed by atoms with Crippen LogP contribution in [-0.2, 0) is 25.7 Å². The Hall–Kier alpha value is -2.90. The number of halogens is 1. The molecule has 1 nitrogen and oxygen atoms in total. The zero-order valence-corrected chi connectivity index (χ0v) is 28.5. The van der Waals surface area contributed by atoms with Crippen molar-refractivity contribution in [1.29, 1.82) is 0 Å². The Kier molecular flexibility index (Phi) is 19.2. The molecule has 0 saturated heterocycles. The van der Waals surface area contributed by atoms with Crippen LogP contribution in [0, 0.1) is 30.6 Å². The van der Waals surface area contributed by atoms with Crippen molar-refractivity contribution >= 4 is 11.6 Å². The molecule has 0 aliphatic carbocycles. The molecule has 0 spiro atoms. The fraction of sp³-hybridized carbons (Fsp3) is 0.425. The highest BCUT2D eigenvalue weighted by atomic mass is 35.5. The maximum absolute atomic E-state index is 5.75. The number of nitrogens with zero attached hydrogens (tertiary/aromatic N) is 1. The van der Waals surface area contributed by atoms with E-state index in [0.717, 1.165) is 41.5 Å². The molecule has 4 aromatic rings. The Balaban J connectivity index is 0.000000280. The predicted molar refractivity (Wildman–Crippen MR) is 187 cm³/mol. The Labute approximate surface area is 263 Å². The van der Waals surface area contributed by atoms with E-state index in [1.165, 1.54) is 40.7 Å². The SMILES string of the molecule is CC(C)Cc1ccc(Cl)cc1.CC(C)Cc1ccccc1.CC(C)Cc1cccnc1.Cc1ccc(CC(C)C)cc1. The van der Waals surface area contributed by atoms with Crippen molar-refractivity contribution < 1.29 is 0 Å². The third-order valence-electron chi connectivity index (χ3n) is 6.18. The molecule has 4 rings (SSSR count). The molecular weight excluding hydrogens is 530 g/mol. The van der Waals surface area contributed by atoms with E-state index in [1.54, 1.807) is 0 Å². The lowest BCUT2D eigenvalue weighted by atomic mass is 10.0. The van der Waals surface area contributed by atoms with Crippen LogP contribution in [0.2, 0.25) is 5.02 Å². The Morgan fingerprint density at radius 2 is 0.857 bits per heavy atom. The molecule has 228 valence electrons. The molecule has 42 heavy (non-hydrogen) atoms. The molecule has 0 unspecified atom stereocenters. The third kappa shape index (κ3) is 20.1. The van der Waals surface area contributed by atoms with E-state index < -0.39 is 0 Å². The maximum atomic E-state index is 5.75. The van der Waals surface area contributed by atoms with Gasteiger partial charge in [0.15, 0.2) is 0 Å². The molecule has 0 radical (unpaired) electrons. The highest BCUT2D eigenvalue weighted by Crippen LogP contribution is 2.13. The maximum Gasteiger partial charge on any atom is 0.0406 e. The van der Waals surface area contributed by atoms with E-state index in [-0.39, 0.29) is 0 Å². The lowest BCUT2D eigenvalue weighted by Crippen LogP contribution is -1.93. The normalized spacial score (nSPS) is 10.4. The van der Waals surface area contributed by atoms with Crippen LogP contribution in [0.25, 0.3) is 0 Å². The zero-order valence-electron chi connectivity index (χ0n) is 27.8.